The lowest BCUT2D eigenvalue weighted by Gasteiger charge is -2.30. The molecule has 1 aromatic carbocycles. The average molecular weight is 312 g/mol. The van der Waals surface area contributed by atoms with E-state index in [4.69, 9.17) is 4.74 Å². The first-order valence-corrected chi connectivity index (χ1v) is 8.03. The molecule has 1 aromatic heterocycles. The molecule has 4 rings (SSSR count). The van der Waals surface area contributed by atoms with Crippen LogP contribution >= 0.6 is 0 Å². The maximum Gasteiger partial charge on any atom is 0.249 e. The van der Waals surface area contributed by atoms with Gasteiger partial charge >= 0.3 is 0 Å². The lowest BCUT2D eigenvalue weighted by molar-refractivity contribution is 0.123. The third-order valence-electron chi connectivity index (χ3n) is 3.99. The van der Waals surface area contributed by atoms with Crippen LogP contribution in [0, 0.1) is 0 Å². The summed E-state index contributed by atoms with van der Waals surface area (Å²) in [6.45, 7) is 3.29. The Hall–Kier alpha value is -2.41. The van der Waals surface area contributed by atoms with E-state index in [9.17, 15) is 0 Å². The molecule has 1 saturated heterocycles. The Morgan fingerprint density at radius 2 is 1.96 bits per heavy atom. The van der Waals surface area contributed by atoms with Crippen molar-refractivity contribution < 1.29 is 4.74 Å². The summed E-state index contributed by atoms with van der Waals surface area (Å²) in [5, 5.41) is 14.8. The van der Waals surface area contributed by atoms with E-state index in [2.05, 4.69) is 36.8 Å². The lowest BCUT2D eigenvalue weighted by Crippen LogP contribution is -2.36. The summed E-state index contributed by atoms with van der Waals surface area (Å²) in [6, 6.07) is 8.73. The molecule has 2 fully saturated rings. The molecule has 7 heteroatoms. The van der Waals surface area contributed by atoms with Crippen molar-refractivity contribution in [2.75, 3.05) is 41.8 Å². The number of nitrogens with one attached hydrogen (secondary N) is 2. The minimum Gasteiger partial charge on any atom is -0.378 e. The molecule has 120 valence electrons. The highest BCUT2D eigenvalue weighted by molar-refractivity contribution is 5.73. The van der Waals surface area contributed by atoms with Crippen LogP contribution in [-0.4, -0.2) is 47.5 Å². The largest absolute Gasteiger partial charge is 0.378 e. The van der Waals surface area contributed by atoms with Gasteiger partial charge in [0.2, 0.25) is 5.95 Å². The molecule has 1 aliphatic carbocycles. The molecule has 1 aliphatic heterocycles. The third-order valence-corrected chi connectivity index (χ3v) is 3.99. The van der Waals surface area contributed by atoms with Gasteiger partial charge < -0.3 is 20.3 Å². The van der Waals surface area contributed by atoms with Crippen molar-refractivity contribution in [2.24, 2.45) is 0 Å². The summed E-state index contributed by atoms with van der Waals surface area (Å²) in [4.78, 5) is 6.81. The van der Waals surface area contributed by atoms with Gasteiger partial charge in [0.1, 0.15) is 0 Å². The van der Waals surface area contributed by atoms with Crippen molar-refractivity contribution >= 4 is 23.1 Å². The molecule has 2 heterocycles. The summed E-state index contributed by atoms with van der Waals surface area (Å²) in [5.41, 5.74) is 2.12. The van der Waals surface area contributed by atoms with Crippen LogP contribution in [0.4, 0.5) is 23.1 Å². The molecule has 2 aliphatic rings. The second kappa shape index (κ2) is 6.37. The Morgan fingerprint density at radius 1 is 1.13 bits per heavy atom. The van der Waals surface area contributed by atoms with Crippen molar-refractivity contribution in [1.82, 2.24) is 15.2 Å². The highest BCUT2D eigenvalue weighted by Crippen LogP contribution is 2.28. The number of benzene rings is 1. The molecule has 2 N–H and O–H groups in total. The van der Waals surface area contributed by atoms with Gasteiger partial charge in [-0.05, 0) is 25.0 Å². The van der Waals surface area contributed by atoms with Gasteiger partial charge in [-0.1, -0.05) is 12.1 Å². The summed E-state index contributed by atoms with van der Waals surface area (Å²) in [6.07, 6.45) is 4.07. The summed E-state index contributed by atoms with van der Waals surface area (Å²) >= 11 is 0. The van der Waals surface area contributed by atoms with E-state index in [-0.39, 0.29) is 0 Å². The van der Waals surface area contributed by atoms with Gasteiger partial charge in [-0.25, -0.2) is 0 Å². The quantitative estimate of drug-likeness (QED) is 0.875. The molecular weight excluding hydrogens is 292 g/mol. The predicted molar refractivity (Wildman–Crippen MR) is 89.2 cm³/mol. The van der Waals surface area contributed by atoms with Gasteiger partial charge in [0.05, 0.1) is 30.8 Å². The van der Waals surface area contributed by atoms with Gasteiger partial charge in [0.25, 0.3) is 0 Å². The number of ether oxygens (including phenoxy) is 1. The van der Waals surface area contributed by atoms with Crippen molar-refractivity contribution in [3.63, 3.8) is 0 Å². The van der Waals surface area contributed by atoms with Crippen LogP contribution in [0.1, 0.15) is 12.8 Å². The zero-order valence-electron chi connectivity index (χ0n) is 12.9. The summed E-state index contributed by atoms with van der Waals surface area (Å²) in [5.74, 6) is 1.28. The van der Waals surface area contributed by atoms with E-state index in [1.54, 1.807) is 6.20 Å². The van der Waals surface area contributed by atoms with Crippen LogP contribution in [-0.2, 0) is 4.74 Å². The molecule has 0 bridgehead atoms. The molecule has 0 amide bonds. The molecule has 7 nitrogen and oxygen atoms in total. The van der Waals surface area contributed by atoms with E-state index in [0.717, 1.165) is 43.5 Å². The van der Waals surface area contributed by atoms with Crippen molar-refractivity contribution in [2.45, 2.75) is 18.9 Å². The topological polar surface area (TPSA) is 75.2 Å². The predicted octanol–water partition coefficient (Wildman–Crippen LogP) is 2.03. The molecule has 23 heavy (non-hydrogen) atoms. The highest BCUT2D eigenvalue weighted by Gasteiger charge is 2.21. The first-order valence-electron chi connectivity index (χ1n) is 8.03. The Morgan fingerprint density at radius 3 is 2.78 bits per heavy atom. The number of morpholine rings is 1. The number of anilines is 4. The molecule has 0 spiro atoms. The molecule has 0 atom stereocenters. The number of hydrogen-bond acceptors (Lipinski definition) is 7. The van der Waals surface area contributed by atoms with Crippen LogP contribution in [0.5, 0.6) is 0 Å². The number of hydrogen-bond donors (Lipinski definition) is 2. The van der Waals surface area contributed by atoms with E-state index < -0.39 is 0 Å². The second-order valence-electron chi connectivity index (χ2n) is 5.83. The lowest BCUT2D eigenvalue weighted by atomic mass is 10.2. The third kappa shape index (κ3) is 3.50. The second-order valence-corrected chi connectivity index (χ2v) is 5.83. The standard InChI is InChI=1S/C16H20N6O/c1-2-4-14(22-7-9-23-10-8-22)13(3-1)19-16-20-15(11-17-21-16)18-12-5-6-12/h1-4,11-12H,5-10H2,(H2,18,19,20,21). The van der Waals surface area contributed by atoms with E-state index in [1.807, 2.05) is 18.2 Å². The van der Waals surface area contributed by atoms with Crippen molar-refractivity contribution in [1.29, 1.82) is 0 Å². The summed E-state index contributed by atoms with van der Waals surface area (Å²) < 4.78 is 5.43. The van der Waals surface area contributed by atoms with Gasteiger partial charge in [-0.2, -0.15) is 10.1 Å². The number of aromatic nitrogens is 3. The van der Waals surface area contributed by atoms with E-state index in [1.165, 1.54) is 12.8 Å². The van der Waals surface area contributed by atoms with Crippen LogP contribution in [0.3, 0.4) is 0 Å². The van der Waals surface area contributed by atoms with Gasteiger partial charge in [-0.15, -0.1) is 5.10 Å². The SMILES string of the molecule is c1ccc(N2CCOCC2)c(Nc2nncc(NC3CC3)n2)c1. The van der Waals surface area contributed by atoms with Gasteiger partial charge in [0.15, 0.2) is 5.82 Å². The minimum atomic E-state index is 0.511. The fourth-order valence-electron chi connectivity index (χ4n) is 2.64. The molecular formula is C16H20N6O. The zero-order valence-corrected chi connectivity index (χ0v) is 12.9. The minimum absolute atomic E-state index is 0.511. The Bertz CT molecular complexity index is 669. The fraction of sp³-hybridized carbons (Fsp3) is 0.438. The fourth-order valence-corrected chi connectivity index (χ4v) is 2.64. The molecule has 0 radical (unpaired) electrons. The zero-order chi connectivity index (χ0) is 15.5. The number of para-hydroxylation sites is 2. The van der Waals surface area contributed by atoms with Gasteiger partial charge in [-0.3, -0.25) is 0 Å². The van der Waals surface area contributed by atoms with Crippen LogP contribution < -0.4 is 15.5 Å². The van der Waals surface area contributed by atoms with Crippen molar-refractivity contribution in [3.05, 3.63) is 30.5 Å². The van der Waals surface area contributed by atoms with Crippen LogP contribution in [0.2, 0.25) is 0 Å². The molecule has 2 aromatic rings. The van der Waals surface area contributed by atoms with E-state index in [0.29, 0.717) is 12.0 Å². The number of rotatable bonds is 5. The molecule has 0 unspecified atom stereocenters. The summed E-state index contributed by atoms with van der Waals surface area (Å²) in [7, 11) is 0. The first kappa shape index (κ1) is 14.2. The first-order chi connectivity index (χ1) is 11.4. The average Bonchev–Trinajstić information content (AvgIpc) is 3.41. The number of nitrogens with zero attached hydrogens (tertiary/aromatic N) is 4. The Balaban J connectivity index is 1.53. The normalized spacial score (nSPS) is 17.8. The smallest absolute Gasteiger partial charge is 0.249 e. The van der Waals surface area contributed by atoms with Crippen LogP contribution in [0.25, 0.3) is 0 Å². The monoisotopic (exact) mass is 312 g/mol. The maximum absolute atomic E-state index is 5.43. The highest BCUT2D eigenvalue weighted by atomic mass is 16.5. The van der Waals surface area contributed by atoms with Crippen LogP contribution in [0.15, 0.2) is 30.5 Å². The van der Waals surface area contributed by atoms with E-state index >= 15 is 0 Å². The molecule has 1 saturated carbocycles. The van der Waals surface area contributed by atoms with Crippen molar-refractivity contribution in [3.8, 4) is 0 Å². The van der Waals surface area contributed by atoms with Gasteiger partial charge in [0, 0.05) is 19.1 Å². The Labute approximate surface area is 135 Å². The maximum atomic E-state index is 5.43. The Kier molecular flexibility index (Phi) is 3.94.